The van der Waals surface area contributed by atoms with Crippen LogP contribution in [-0.4, -0.2) is 36.6 Å². The Balaban J connectivity index is 2.03. The molecule has 0 aromatic heterocycles. The molecule has 1 aliphatic heterocycles. The molecule has 1 aromatic rings. The first-order valence-corrected chi connectivity index (χ1v) is 9.05. The van der Waals surface area contributed by atoms with Crippen molar-refractivity contribution in [3.8, 4) is 5.75 Å². The zero-order chi connectivity index (χ0) is 20.5. The molecule has 1 fully saturated rings. The number of hydrogen-bond donors (Lipinski definition) is 1. The third-order valence-corrected chi connectivity index (χ3v) is 4.97. The molecule has 0 bridgehead atoms. The van der Waals surface area contributed by atoms with Gasteiger partial charge < -0.3 is 24.5 Å². The number of carbonyl (C=O) groups is 1. The van der Waals surface area contributed by atoms with Crippen LogP contribution in [0, 0.1) is 0 Å². The third kappa shape index (κ3) is 5.27. The molecule has 0 aliphatic carbocycles. The Hall–Kier alpha value is -1.99. The number of amides is 1. The maximum atomic E-state index is 11.2. The van der Waals surface area contributed by atoms with E-state index in [2.05, 4.69) is 6.58 Å². The van der Waals surface area contributed by atoms with Gasteiger partial charge in [-0.25, -0.2) is 4.79 Å². The monoisotopic (exact) mass is 375 g/mol. The molecule has 1 aliphatic rings. The minimum absolute atomic E-state index is 0.165. The summed E-state index contributed by atoms with van der Waals surface area (Å²) in [5.74, 6) is 0.649. The van der Waals surface area contributed by atoms with Crippen LogP contribution in [0.15, 0.2) is 36.4 Å². The summed E-state index contributed by atoms with van der Waals surface area (Å²) in [6.07, 6.45) is -0.375. The summed E-state index contributed by atoms with van der Waals surface area (Å²) in [5, 5.41) is 0. The van der Waals surface area contributed by atoms with Crippen molar-refractivity contribution >= 4 is 18.7 Å². The number of benzene rings is 1. The molecule has 148 valence electrons. The van der Waals surface area contributed by atoms with Crippen molar-refractivity contribution < 1.29 is 23.6 Å². The average Bonchev–Trinajstić information content (AvgIpc) is 2.72. The Morgan fingerprint density at radius 2 is 1.70 bits per heavy atom. The van der Waals surface area contributed by atoms with Gasteiger partial charge in [0.25, 0.3) is 0 Å². The van der Waals surface area contributed by atoms with Crippen LogP contribution in [0.2, 0.25) is 0 Å². The Morgan fingerprint density at radius 3 is 2.15 bits per heavy atom. The summed E-state index contributed by atoms with van der Waals surface area (Å²) in [6.45, 7) is 15.7. The molecule has 1 unspecified atom stereocenters. The predicted molar refractivity (Wildman–Crippen MR) is 106 cm³/mol. The maximum Gasteiger partial charge on any atom is 0.494 e. The van der Waals surface area contributed by atoms with Gasteiger partial charge >= 0.3 is 13.2 Å². The fourth-order valence-corrected chi connectivity index (χ4v) is 2.93. The van der Waals surface area contributed by atoms with Crippen LogP contribution >= 0.6 is 0 Å². The first-order chi connectivity index (χ1) is 12.3. The van der Waals surface area contributed by atoms with Crippen molar-refractivity contribution in [1.29, 1.82) is 0 Å². The van der Waals surface area contributed by atoms with Crippen LogP contribution in [0.3, 0.4) is 0 Å². The zero-order valence-electron chi connectivity index (χ0n) is 17.1. The van der Waals surface area contributed by atoms with Gasteiger partial charge in [0.2, 0.25) is 0 Å². The molecular formula is C20H30BNO5. The SMILES string of the molecule is C=C(C)CC(C)(COc1ccc(B2OC(C)(C)C(C)(C)O2)cc1)OC(N)=O. The largest absolute Gasteiger partial charge is 0.494 e. The van der Waals surface area contributed by atoms with Crippen LogP contribution in [0.5, 0.6) is 5.75 Å². The summed E-state index contributed by atoms with van der Waals surface area (Å²) >= 11 is 0. The summed E-state index contributed by atoms with van der Waals surface area (Å²) < 4.78 is 23.1. The summed E-state index contributed by atoms with van der Waals surface area (Å²) in [6, 6.07) is 7.49. The lowest BCUT2D eigenvalue weighted by molar-refractivity contribution is -0.00420. The van der Waals surface area contributed by atoms with Gasteiger partial charge in [-0.15, -0.1) is 0 Å². The van der Waals surface area contributed by atoms with Gasteiger partial charge in [-0.05, 0) is 59.1 Å². The first-order valence-electron chi connectivity index (χ1n) is 9.05. The molecule has 7 heteroatoms. The van der Waals surface area contributed by atoms with Crippen molar-refractivity contribution in [2.45, 2.75) is 64.8 Å². The Labute approximate surface area is 162 Å². The topological polar surface area (TPSA) is 80.0 Å². The number of rotatable bonds is 7. The zero-order valence-corrected chi connectivity index (χ0v) is 17.1. The fraction of sp³-hybridized carbons (Fsp3) is 0.550. The summed E-state index contributed by atoms with van der Waals surface area (Å²) in [7, 11) is -0.420. The second kappa shape index (κ2) is 7.56. The molecule has 1 amide bonds. The van der Waals surface area contributed by atoms with Crippen LogP contribution in [0.25, 0.3) is 0 Å². The van der Waals surface area contributed by atoms with E-state index in [1.807, 2.05) is 58.9 Å². The van der Waals surface area contributed by atoms with Crippen molar-refractivity contribution in [2.75, 3.05) is 6.61 Å². The van der Waals surface area contributed by atoms with E-state index in [1.54, 1.807) is 6.92 Å². The maximum absolute atomic E-state index is 11.2. The van der Waals surface area contributed by atoms with E-state index < -0.39 is 18.8 Å². The highest BCUT2D eigenvalue weighted by atomic mass is 16.7. The van der Waals surface area contributed by atoms with Gasteiger partial charge in [0.1, 0.15) is 18.0 Å². The molecule has 1 saturated heterocycles. The summed E-state index contributed by atoms with van der Waals surface area (Å²) in [4.78, 5) is 11.2. The van der Waals surface area contributed by atoms with Crippen molar-refractivity contribution in [1.82, 2.24) is 0 Å². The summed E-state index contributed by atoms with van der Waals surface area (Å²) in [5.41, 5.74) is 5.33. The quantitative estimate of drug-likeness (QED) is 0.585. The molecule has 2 N–H and O–H groups in total. The number of ether oxygens (including phenoxy) is 2. The van der Waals surface area contributed by atoms with Gasteiger partial charge in [0.05, 0.1) is 11.2 Å². The fourth-order valence-electron chi connectivity index (χ4n) is 2.93. The molecule has 1 heterocycles. The molecule has 1 atom stereocenters. The van der Waals surface area contributed by atoms with Crippen LogP contribution < -0.4 is 15.9 Å². The molecular weight excluding hydrogens is 345 g/mol. The normalized spacial score (nSPS) is 20.0. The second-order valence-corrected chi connectivity index (χ2v) is 8.45. The molecule has 0 radical (unpaired) electrons. The minimum Gasteiger partial charge on any atom is -0.489 e. The van der Waals surface area contributed by atoms with Gasteiger partial charge in [0.15, 0.2) is 0 Å². The van der Waals surface area contributed by atoms with Crippen molar-refractivity contribution in [3.63, 3.8) is 0 Å². The molecule has 1 aromatic carbocycles. The highest BCUT2D eigenvalue weighted by Crippen LogP contribution is 2.36. The first kappa shape index (κ1) is 21.3. The van der Waals surface area contributed by atoms with E-state index in [0.717, 1.165) is 11.0 Å². The minimum atomic E-state index is -0.873. The lowest BCUT2D eigenvalue weighted by atomic mass is 9.79. The van der Waals surface area contributed by atoms with Crippen molar-refractivity contribution in [2.24, 2.45) is 5.73 Å². The third-order valence-electron chi connectivity index (χ3n) is 4.97. The van der Waals surface area contributed by atoms with E-state index in [-0.39, 0.29) is 17.8 Å². The second-order valence-electron chi connectivity index (χ2n) is 8.45. The lowest BCUT2D eigenvalue weighted by Crippen LogP contribution is -2.41. The highest BCUT2D eigenvalue weighted by molar-refractivity contribution is 6.62. The van der Waals surface area contributed by atoms with Crippen LogP contribution in [0.1, 0.15) is 48.0 Å². The van der Waals surface area contributed by atoms with Crippen molar-refractivity contribution in [3.05, 3.63) is 36.4 Å². The van der Waals surface area contributed by atoms with Gasteiger partial charge in [-0.3, -0.25) is 0 Å². The molecule has 6 nitrogen and oxygen atoms in total. The van der Waals surface area contributed by atoms with Gasteiger partial charge in [0, 0.05) is 6.42 Å². The average molecular weight is 375 g/mol. The lowest BCUT2D eigenvalue weighted by Gasteiger charge is -2.32. The van der Waals surface area contributed by atoms with Gasteiger partial charge in [-0.1, -0.05) is 24.3 Å². The van der Waals surface area contributed by atoms with E-state index >= 15 is 0 Å². The smallest absolute Gasteiger partial charge is 0.489 e. The van der Waals surface area contributed by atoms with E-state index in [0.29, 0.717) is 12.2 Å². The Bertz CT molecular complexity index is 667. The molecule has 0 saturated carbocycles. The van der Waals surface area contributed by atoms with Crippen LogP contribution in [0.4, 0.5) is 4.79 Å². The molecule has 0 spiro atoms. The van der Waals surface area contributed by atoms with E-state index in [1.165, 1.54) is 0 Å². The molecule has 27 heavy (non-hydrogen) atoms. The standard InChI is InChI=1S/C20H30BNO5/c1-14(2)12-20(7,25-17(22)23)13-24-16-10-8-15(9-11-16)21-26-18(3,4)19(5,6)27-21/h8-11H,1,12-13H2,2-7H3,(H2,22,23). The molecule has 2 rings (SSSR count). The van der Waals surface area contributed by atoms with E-state index in [4.69, 9.17) is 24.5 Å². The van der Waals surface area contributed by atoms with E-state index in [9.17, 15) is 4.79 Å². The Kier molecular flexibility index (Phi) is 5.97. The predicted octanol–water partition coefficient (Wildman–Crippen LogP) is 3.18. The number of hydrogen-bond acceptors (Lipinski definition) is 5. The van der Waals surface area contributed by atoms with Gasteiger partial charge in [-0.2, -0.15) is 0 Å². The van der Waals surface area contributed by atoms with Crippen LogP contribution in [-0.2, 0) is 14.0 Å². The number of carbonyl (C=O) groups excluding carboxylic acids is 1. The Morgan fingerprint density at radius 1 is 1.19 bits per heavy atom. The number of primary amides is 1. The number of nitrogens with two attached hydrogens (primary N) is 1. The highest BCUT2D eigenvalue weighted by Gasteiger charge is 2.51.